The van der Waals surface area contributed by atoms with E-state index in [9.17, 15) is 0 Å². The highest BCUT2D eigenvalue weighted by molar-refractivity contribution is 4.71. The first-order valence-electron chi connectivity index (χ1n) is 6.24. The zero-order valence-electron chi connectivity index (χ0n) is 10.5. The van der Waals surface area contributed by atoms with E-state index in [4.69, 9.17) is 0 Å². The van der Waals surface area contributed by atoms with Gasteiger partial charge < -0.3 is 5.32 Å². The molecule has 1 unspecified atom stereocenters. The maximum atomic E-state index is 3.53. The van der Waals surface area contributed by atoms with Crippen LogP contribution in [0.25, 0.3) is 0 Å². The van der Waals surface area contributed by atoms with Crippen LogP contribution < -0.4 is 5.32 Å². The van der Waals surface area contributed by atoms with Gasteiger partial charge in [0, 0.05) is 12.6 Å². The van der Waals surface area contributed by atoms with E-state index in [1.54, 1.807) is 0 Å². The summed E-state index contributed by atoms with van der Waals surface area (Å²) in [6, 6.07) is 0.738. The van der Waals surface area contributed by atoms with E-state index >= 15 is 0 Å². The van der Waals surface area contributed by atoms with Crippen molar-refractivity contribution in [3.63, 3.8) is 0 Å². The van der Waals surface area contributed by atoms with Crippen molar-refractivity contribution in [2.45, 2.75) is 53.0 Å². The number of nitrogens with zero attached hydrogens (tertiary/aromatic N) is 1. The molecule has 0 saturated carbocycles. The molecule has 0 heterocycles. The van der Waals surface area contributed by atoms with Gasteiger partial charge in [-0.05, 0) is 32.5 Å². The molecule has 0 aromatic heterocycles. The maximum absolute atomic E-state index is 3.53. The minimum atomic E-state index is 0.738. The molecule has 0 aliphatic carbocycles. The first kappa shape index (κ1) is 13.9. The van der Waals surface area contributed by atoms with Gasteiger partial charge in [-0.3, -0.25) is 4.90 Å². The van der Waals surface area contributed by atoms with E-state index in [-0.39, 0.29) is 0 Å². The fourth-order valence-corrected chi connectivity index (χ4v) is 1.93. The fourth-order valence-electron chi connectivity index (χ4n) is 1.93. The minimum Gasteiger partial charge on any atom is -0.315 e. The summed E-state index contributed by atoms with van der Waals surface area (Å²) in [7, 11) is 0. The van der Waals surface area contributed by atoms with Crippen molar-refractivity contribution in [3.05, 3.63) is 0 Å². The summed E-state index contributed by atoms with van der Waals surface area (Å²) < 4.78 is 0. The topological polar surface area (TPSA) is 15.3 Å². The van der Waals surface area contributed by atoms with Crippen molar-refractivity contribution in [3.8, 4) is 0 Å². The van der Waals surface area contributed by atoms with E-state index in [0.717, 1.165) is 19.1 Å². The van der Waals surface area contributed by atoms with Gasteiger partial charge >= 0.3 is 0 Å². The predicted octanol–water partition coefficient (Wildman–Crippen LogP) is 2.50. The SMILES string of the molecule is CCCNCC(CCC)N(CC)CC. The van der Waals surface area contributed by atoms with Gasteiger partial charge in [-0.15, -0.1) is 0 Å². The molecule has 0 aliphatic heterocycles. The average Bonchev–Trinajstić information content (AvgIpc) is 2.20. The summed E-state index contributed by atoms with van der Waals surface area (Å²) in [5, 5.41) is 3.53. The first-order chi connectivity index (χ1) is 6.79. The lowest BCUT2D eigenvalue weighted by molar-refractivity contribution is 0.200. The summed E-state index contributed by atoms with van der Waals surface area (Å²) in [6.45, 7) is 13.7. The van der Waals surface area contributed by atoms with Crippen molar-refractivity contribution >= 4 is 0 Å². The van der Waals surface area contributed by atoms with Gasteiger partial charge in [0.2, 0.25) is 0 Å². The molecule has 0 amide bonds. The van der Waals surface area contributed by atoms with Crippen molar-refractivity contribution in [2.24, 2.45) is 0 Å². The summed E-state index contributed by atoms with van der Waals surface area (Å²) >= 11 is 0. The van der Waals surface area contributed by atoms with E-state index in [0.29, 0.717) is 0 Å². The largest absolute Gasteiger partial charge is 0.315 e. The summed E-state index contributed by atoms with van der Waals surface area (Å²) in [5.74, 6) is 0. The Kier molecular flexibility index (Phi) is 9.42. The molecule has 0 aliphatic rings. The molecule has 0 radical (unpaired) electrons. The second-order valence-corrected chi connectivity index (χ2v) is 3.87. The molecule has 0 aromatic rings. The monoisotopic (exact) mass is 200 g/mol. The highest BCUT2D eigenvalue weighted by Gasteiger charge is 2.13. The van der Waals surface area contributed by atoms with Gasteiger partial charge in [0.25, 0.3) is 0 Å². The molecule has 0 rings (SSSR count). The lowest BCUT2D eigenvalue weighted by atomic mass is 10.1. The molecule has 14 heavy (non-hydrogen) atoms. The van der Waals surface area contributed by atoms with Crippen LogP contribution in [0.4, 0.5) is 0 Å². The molecule has 2 nitrogen and oxygen atoms in total. The molecule has 86 valence electrons. The third kappa shape index (κ3) is 5.61. The van der Waals surface area contributed by atoms with Crippen molar-refractivity contribution in [1.82, 2.24) is 10.2 Å². The van der Waals surface area contributed by atoms with E-state index in [1.807, 2.05) is 0 Å². The van der Waals surface area contributed by atoms with Crippen LogP contribution in [0.1, 0.15) is 47.0 Å². The second kappa shape index (κ2) is 9.47. The predicted molar refractivity (Wildman–Crippen MR) is 64.8 cm³/mol. The Hall–Kier alpha value is -0.0800. The normalized spacial score (nSPS) is 13.5. The number of nitrogens with one attached hydrogen (secondary N) is 1. The van der Waals surface area contributed by atoms with Crippen LogP contribution >= 0.6 is 0 Å². The summed E-state index contributed by atoms with van der Waals surface area (Å²) in [5.41, 5.74) is 0. The average molecular weight is 200 g/mol. The Morgan fingerprint density at radius 3 is 2.07 bits per heavy atom. The van der Waals surface area contributed by atoms with Crippen molar-refractivity contribution in [2.75, 3.05) is 26.2 Å². The molecular weight excluding hydrogens is 172 g/mol. The molecule has 0 fully saturated rings. The maximum Gasteiger partial charge on any atom is 0.0220 e. The fraction of sp³-hybridized carbons (Fsp3) is 1.00. The van der Waals surface area contributed by atoms with Gasteiger partial charge in [-0.25, -0.2) is 0 Å². The van der Waals surface area contributed by atoms with Crippen molar-refractivity contribution < 1.29 is 0 Å². The quantitative estimate of drug-likeness (QED) is 0.575. The molecule has 1 atom stereocenters. The third-order valence-electron chi connectivity index (χ3n) is 2.76. The number of hydrogen-bond donors (Lipinski definition) is 1. The summed E-state index contributed by atoms with van der Waals surface area (Å²) in [4.78, 5) is 2.56. The lowest BCUT2D eigenvalue weighted by Crippen LogP contribution is -2.42. The Labute approximate surface area is 90.1 Å². The standard InChI is InChI=1S/C12H28N2/c1-5-9-12(11-13-10-6-2)14(7-3)8-4/h12-13H,5-11H2,1-4H3. The van der Waals surface area contributed by atoms with E-state index < -0.39 is 0 Å². The highest BCUT2D eigenvalue weighted by atomic mass is 15.2. The molecule has 2 heteroatoms. The van der Waals surface area contributed by atoms with E-state index in [2.05, 4.69) is 37.9 Å². The van der Waals surface area contributed by atoms with Crippen molar-refractivity contribution in [1.29, 1.82) is 0 Å². The Balaban J connectivity index is 3.85. The molecule has 0 aromatic carbocycles. The Bertz CT molecular complexity index is 111. The smallest absolute Gasteiger partial charge is 0.0220 e. The van der Waals surface area contributed by atoms with Crippen LogP contribution in [0.5, 0.6) is 0 Å². The lowest BCUT2D eigenvalue weighted by Gasteiger charge is -2.29. The Morgan fingerprint density at radius 2 is 1.64 bits per heavy atom. The zero-order chi connectivity index (χ0) is 10.8. The molecular formula is C12H28N2. The number of likely N-dealkylation sites (N-methyl/N-ethyl adjacent to an activating group) is 1. The van der Waals surface area contributed by atoms with E-state index in [1.165, 1.54) is 32.4 Å². The molecule has 1 N–H and O–H groups in total. The van der Waals surface area contributed by atoms with Gasteiger partial charge in [0.15, 0.2) is 0 Å². The van der Waals surface area contributed by atoms with Gasteiger partial charge in [-0.2, -0.15) is 0 Å². The molecule has 0 bridgehead atoms. The number of rotatable bonds is 9. The summed E-state index contributed by atoms with van der Waals surface area (Å²) in [6.07, 6.45) is 3.84. The molecule has 0 spiro atoms. The van der Waals surface area contributed by atoms with Crippen LogP contribution in [0.15, 0.2) is 0 Å². The van der Waals surface area contributed by atoms with Gasteiger partial charge in [-0.1, -0.05) is 34.1 Å². The van der Waals surface area contributed by atoms with Crippen LogP contribution in [-0.4, -0.2) is 37.1 Å². The zero-order valence-corrected chi connectivity index (χ0v) is 10.5. The first-order valence-corrected chi connectivity index (χ1v) is 6.24. The van der Waals surface area contributed by atoms with Crippen LogP contribution in [-0.2, 0) is 0 Å². The third-order valence-corrected chi connectivity index (χ3v) is 2.76. The van der Waals surface area contributed by atoms with Gasteiger partial charge in [0.1, 0.15) is 0 Å². The van der Waals surface area contributed by atoms with Gasteiger partial charge in [0.05, 0.1) is 0 Å². The molecule has 0 saturated heterocycles. The second-order valence-electron chi connectivity index (χ2n) is 3.87. The van der Waals surface area contributed by atoms with Crippen LogP contribution in [0.3, 0.4) is 0 Å². The Morgan fingerprint density at radius 1 is 1.00 bits per heavy atom. The number of hydrogen-bond acceptors (Lipinski definition) is 2. The van der Waals surface area contributed by atoms with Crippen LogP contribution in [0, 0.1) is 0 Å². The van der Waals surface area contributed by atoms with Crippen LogP contribution in [0.2, 0.25) is 0 Å². The highest BCUT2D eigenvalue weighted by Crippen LogP contribution is 2.05. The minimum absolute atomic E-state index is 0.738.